The van der Waals surface area contributed by atoms with Crippen molar-refractivity contribution in [3.8, 4) is 0 Å². The molecule has 108 valence electrons. The number of methoxy groups -OCH3 is 1. The van der Waals surface area contributed by atoms with E-state index in [1.165, 1.54) is 6.42 Å². The molecule has 0 amide bonds. The van der Waals surface area contributed by atoms with Gasteiger partial charge in [-0.25, -0.2) is 0 Å². The smallest absolute Gasteiger partial charge is 0.0500 e. The highest BCUT2D eigenvalue weighted by Gasteiger charge is 2.33. The second-order valence-corrected chi connectivity index (χ2v) is 6.90. The molecule has 3 nitrogen and oxygen atoms in total. The molecule has 0 saturated carbocycles. The molecule has 1 rings (SSSR count). The summed E-state index contributed by atoms with van der Waals surface area (Å²) in [6, 6.07) is 1.28. The van der Waals surface area contributed by atoms with Gasteiger partial charge in [0.25, 0.3) is 0 Å². The van der Waals surface area contributed by atoms with Gasteiger partial charge in [0.2, 0.25) is 0 Å². The van der Waals surface area contributed by atoms with E-state index in [4.69, 9.17) is 4.74 Å². The zero-order valence-electron chi connectivity index (χ0n) is 13.1. The molecule has 3 atom stereocenters. The number of hydrogen-bond donors (Lipinski definition) is 1. The molecule has 1 heterocycles. The van der Waals surface area contributed by atoms with Crippen molar-refractivity contribution in [3.63, 3.8) is 0 Å². The number of hydrogen-bond acceptors (Lipinski definition) is 3. The molecule has 0 aromatic carbocycles. The van der Waals surface area contributed by atoms with Crippen molar-refractivity contribution in [2.45, 2.75) is 53.1 Å². The van der Waals surface area contributed by atoms with Crippen molar-refractivity contribution in [1.29, 1.82) is 0 Å². The van der Waals surface area contributed by atoms with Crippen LogP contribution in [-0.2, 0) is 4.74 Å². The summed E-state index contributed by atoms with van der Waals surface area (Å²) in [5, 5.41) is 3.72. The maximum Gasteiger partial charge on any atom is 0.0500 e. The third kappa shape index (κ3) is 4.52. The van der Waals surface area contributed by atoms with Crippen molar-refractivity contribution in [2.24, 2.45) is 11.3 Å². The third-order valence-electron chi connectivity index (χ3n) is 4.05. The number of rotatable bonds is 5. The van der Waals surface area contributed by atoms with Crippen molar-refractivity contribution in [1.82, 2.24) is 10.2 Å². The van der Waals surface area contributed by atoms with E-state index in [1.807, 2.05) is 0 Å². The highest BCUT2D eigenvalue weighted by Crippen LogP contribution is 2.24. The highest BCUT2D eigenvalue weighted by atomic mass is 16.5. The van der Waals surface area contributed by atoms with Gasteiger partial charge in [-0.2, -0.15) is 0 Å². The molecule has 0 spiro atoms. The van der Waals surface area contributed by atoms with Gasteiger partial charge in [-0.05, 0) is 17.8 Å². The van der Waals surface area contributed by atoms with Gasteiger partial charge in [-0.3, -0.25) is 4.90 Å². The fraction of sp³-hybridized carbons (Fsp3) is 1.00. The minimum absolute atomic E-state index is 0.335. The van der Waals surface area contributed by atoms with Crippen molar-refractivity contribution in [3.05, 3.63) is 0 Å². The van der Waals surface area contributed by atoms with Crippen molar-refractivity contribution in [2.75, 3.05) is 33.4 Å². The summed E-state index contributed by atoms with van der Waals surface area (Å²) < 4.78 is 5.27. The minimum Gasteiger partial charge on any atom is -0.384 e. The van der Waals surface area contributed by atoms with Crippen molar-refractivity contribution >= 4 is 0 Å². The van der Waals surface area contributed by atoms with E-state index < -0.39 is 0 Å². The van der Waals surface area contributed by atoms with Crippen LogP contribution in [0.25, 0.3) is 0 Å². The van der Waals surface area contributed by atoms with Crippen LogP contribution < -0.4 is 5.32 Å². The molecule has 0 aromatic rings. The summed E-state index contributed by atoms with van der Waals surface area (Å²) in [6.45, 7) is 15.9. The molecule has 0 bridgehead atoms. The lowest BCUT2D eigenvalue weighted by Gasteiger charge is -2.45. The normalized spacial score (nSPS) is 28.3. The molecule has 3 heteroatoms. The highest BCUT2D eigenvalue weighted by molar-refractivity contribution is 4.91. The van der Waals surface area contributed by atoms with Crippen LogP contribution in [0.1, 0.15) is 41.0 Å². The minimum atomic E-state index is 0.335. The lowest BCUT2D eigenvalue weighted by Crippen LogP contribution is -2.60. The molecule has 1 aliphatic heterocycles. The number of piperazine rings is 1. The first-order chi connectivity index (χ1) is 8.38. The van der Waals surface area contributed by atoms with Gasteiger partial charge < -0.3 is 10.1 Å². The molecule has 0 aliphatic carbocycles. The van der Waals surface area contributed by atoms with E-state index in [2.05, 4.69) is 44.8 Å². The van der Waals surface area contributed by atoms with Crippen LogP contribution in [0, 0.1) is 11.3 Å². The summed E-state index contributed by atoms with van der Waals surface area (Å²) >= 11 is 0. The second-order valence-electron chi connectivity index (χ2n) is 6.90. The quantitative estimate of drug-likeness (QED) is 0.817. The van der Waals surface area contributed by atoms with Crippen LogP contribution in [0.15, 0.2) is 0 Å². The third-order valence-corrected chi connectivity index (χ3v) is 4.05. The summed E-state index contributed by atoms with van der Waals surface area (Å²) in [4.78, 5) is 2.66. The lowest BCUT2D eigenvalue weighted by molar-refractivity contribution is 0.0551. The number of nitrogens with one attached hydrogen (secondary N) is 1. The van der Waals surface area contributed by atoms with Gasteiger partial charge >= 0.3 is 0 Å². The Morgan fingerprint density at radius 2 is 2.06 bits per heavy atom. The summed E-state index contributed by atoms with van der Waals surface area (Å²) in [5.41, 5.74) is 0.335. The molecule has 1 saturated heterocycles. The van der Waals surface area contributed by atoms with E-state index in [1.54, 1.807) is 7.11 Å². The SMILES string of the molecule is CCC1CNC(C(C)(C)C)CN1CC(C)COC. The fourth-order valence-corrected chi connectivity index (χ4v) is 2.80. The topological polar surface area (TPSA) is 24.5 Å². The summed E-state index contributed by atoms with van der Waals surface area (Å²) in [7, 11) is 1.80. The van der Waals surface area contributed by atoms with Crippen LogP contribution in [0.3, 0.4) is 0 Å². The van der Waals surface area contributed by atoms with Crippen molar-refractivity contribution < 1.29 is 4.74 Å². The van der Waals surface area contributed by atoms with Crippen LogP contribution in [0.2, 0.25) is 0 Å². The second kappa shape index (κ2) is 6.88. The maximum atomic E-state index is 5.27. The summed E-state index contributed by atoms with van der Waals surface area (Å²) in [5.74, 6) is 0.614. The fourth-order valence-electron chi connectivity index (χ4n) is 2.80. The predicted molar refractivity (Wildman–Crippen MR) is 77.9 cm³/mol. The van der Waals surface area contributed by atoms with Gasteiger partial charge in [-0.1, -0.05) is 34.6 Å². The Balaban J connectivity index is 2.59. The molecule has 0 radical (unpaired) electrons. The average molecular weight is 256 g/mol. The molecular weight excluding hydrogens is 224 g/mol. The largest absolute Gasteiger partial charge is 0.384 e. The number of ether oxygens (including phenoxy) is 1. The lowest BCUT2D eigenvalue weighted by atomic mass is 9.84. The Morgan fingerprint density at radius 1 is 1.39 bits per heavy atom. The van der Waals surface area contributed by atoms with Crippen LogP contribution in [0.5, 0.6) is 0 Å². The molecule has 3 unspecified atom stereocenters. The first kappa shape index (κ1) is 15.9. The zero-order chi connectivity index (χ0) is 13.8. The maximum absolute atomic E-state index is 5.27. The van der Waals surface area contributed by atoms with Crippen LogP contribution in [-0.4, -0.2) is 50.3 Å². The predicted octanol–water partition coefficient (Wildman–Crippen LogP) is 2.37. The molecule has 1 N–H and O–H groups in total. The molecule has 1 aliphatic rings. The van der Waals surface area contributed by atoms with Crippen LogP contribution in [0.4, 0.5) is 0 Å². The molecular formula is C15H32N2O. The Hall–Kier alpha value is -0.120. The van der Waals surface area contributed by atoms with Gasteiger partial charge in [-0.15, -0.1) is 0 Å². The first-order valence-corrected chi connectivity index (χ1v) is 7.34. The van der Waals surface area contributed by atoms with E-state index in [9.17, 15) is 0 Å². The number of nitrogens with zero attached hydrogens (tertiary/aromatic N) is 1. The Bertz CT molecular complexity index is 237. The van der Waals surface area contributed by atoms with E-state index in [-0.39, 0.29) is 0 Å². The molecule has 0 aromatic heterocycles. The van der Waals surface area contributed by atoms with Gasteiger partial charge in [0.15, 0.2) is 0 Å². The van der Waals surface area contributed by atoms with Gasteiger partial charge in [0.05, 0.1) is 0 Å². The van der Waals surface area contributed by atoms with Crippen LogP contribution >= 0.6 is 0 Å². The van der Waals surface area contributed by atoms with E-state index in [0.717, 1.165) is 26.2 Å². The summed E-state index contributed by atoms with van der Waals surface area (Å²) in [6.07, 6.45) is 1.23. The van der Waals surface area contributed by atoms with Gasteiger partial charge in [0.1, 0.15) is 0 Å². The molecule has 18 heavy (non-hydrogen) atoms. The van der Waals surface area contributed by atoms with E-state index in [0.29, 0.717) is 23.4 Å². The molecule has 1 fully saturated rings. The van der Waals surface area contributed by atoms with E-state index >= 15 is 0 Å². The standard InChI is InChI=1S/C15H32N2O/c1-7-13-8-16-14(15(3,4)5)10-17(13)9-12(2)11-18-6/h12-14,16H,7-11H2,1-6H3. The Labute approximate surface area is 113 Å². The Kier molecular flexibility index (Phi) is 6.09. The first-order valence-electron chi connectivity index (χ1n) is 7.34. The zero-order valence-corrected chi connectivity index (χ0v) is 13.1. The monoisotopic (exact) mass is 256 g/mol. The van der Waals surface area contributed by atoms with Gasteiger partial charge in [0, 0.05) is 45.4 Å². The average Bonchev–Trinajstić information content (AvgIpc) is 2.28. The Morgan fingerprint density at radius 3 is 2.56 bits per heavy atom.